The summed E-state index contributed by atoms with van der Waals surface area (Å²) in [6.07, 6.45) is -3.12. The molecule has 0 N–H and O–H groups in total. The number of amides is 2. The Bertz CT molecular complexity index is 1210. The van der Waals surface area contributed by atoms with Gasteiger partial charge in [-0.1, -0.05) is 12.1 Å². The van der Waals surface area contributed by atoms with Crippen LogP contribution in [0.15, 0.2) is 59.7 Å². The standard InChI is InChI=1S/C22H19F3N4O3/c23-22(24,25)16-7-5-15(6-8-16)20(31)28-11-9-27(10-12-28)19(30)13-29-14-26-18-4-2-1-3-17(18)21(29)32/h1-8,14H,9-13H2. The molecule has 0 unspecified atom stereocenters. The van der Waals surface area contributed by atoms with Crippen LogP contribution >= 0.6 is 0 Å². The Labute approximate surface area is 180 Å². The van der Waals surface area contributed by atoms with Crippen LogP contribution in [0.1, 0.15) is 15.9 Å². The highest BCUT2D eigenvalue weighted by molar-refractivity contribution is 5.94. The van der Waals surface area contributed by atoms with Crippen molar-refractivity contribution in [3.8, 4) is 0 Å². The fourth-order valence-electron chi connectivity index (χ4n) is 3.61. The summed E-state index contributed by atoms with van der Waals surface area (Å²) < 4.78 is 39.3. The van der Waals surface area contributed by atoms with Gasteiger partial charge in [0.15, 0.2) is 0 Å². The molecule has 0 saturated carbocycles. The van der Waals surface area contributed by atoms with Crippen molar-refractivity contribution in [3.63, 3.8) is 0 Å². The Morgan fingerprint density at radius 3 is 2.19 bits per heavy atom. The molecule has 0 atom stereocenters. The topological polar surface area (TPSA) is 75.5 Å². The smallest absolute Gasteiger partial charge is 0.338 e. The molecular weight excluding hydrogens is 425 g/mol. The summed E-state index contributed by atoms with van der Waals surface area (Å²) in [5.74, 6) is -0.661. The fraction of sp³-hybridized carbons (Fsp3) is 0.273. The summed E-state index contributed by atoms with van der Waals surface area (Å²) in [5, 5.41) is 0.426. The second-order valence-electron chi connectivity index (χ2n) is 7.44. The van der Waals surface area contributed by atoms with Gasteiger partial charge < -0.3 is 9.80 Å². The lowest BCUT2D eigenvalue weighted by Crippen LogP contribution is -2.51. The maximum Gasteiger partial charge on any atom is 0.416 e. The van der Waals surface area contributed by atoms with Crippen LogP contribution in [0, 0.1) is 0 Å². The maximum absolute atomic E-state index is 12.7. The summed E-state index contributed by atoms with van der Waals surface area (Å²) in [6, 6.07) is 10.9. The zero-order valence-corrected chi connectivity index (χ0v) is 16.9. The first kappa shape index (κ1) is 21.5. The van der Waals surface area contributed by atoms with Crippen LogP contribution in [0.3, 0.4) is 0 Å². The second-order valence-corrected chi connectivity index (χ2v) is 7.44. The average Bonchev–Trinajstić information content (AvgIpc) is 2.80. The minimum Gasteiger partial charge on any atom is -0.338 e. The molecule has 7 nitrogen and oxygen atoms in total. The zero-order chi connectivity index (χ0) is 22.9. The molecule has 3 aromatic rings. The first-order chi connectivity index (χ1) is 15.2. The molecule has 2 amide bonds. The molecule has 2 aromatic carbocycles. The molecule has 4 rings (SSSR count). The van der Waals surface area contributed by atoms with E-state index in [1.54, 1.807) is 29.2 Å². The summed E-state index contributed by atoms with van der Waals surface area (Å²) in [7, 11) is 0. The van der Waals surface area contributed by atoms with Crippen LogP contribution in [0.4, 0.5) is 13.2 Å². The molecule has 1 aromatic heterocycles. The van der Waals surface area contributed by atoms with E-state index in [4.69, 9.17) is 0 Å². The second kappa shape index (κ2) is 8.45. The molecule has 1 aliphatic rings. The Kier molecular flexibility index (Phi) is 5.68. The monoisotopic (exact) mass is 444 g/mol. The number of fused-ring (bicyclic) bond motifs is 1. The molecule has 10 heteroatoms. The van der Waals surface area contributed by atoms with E-state index in [-0.39, 0.29) is 55.7 Å². The number of hydrogen-bond acceptors (Lipinski definition) is 4. The molecule has 1 fully saturated rings. The number of alkyl halides is 3. The van der Waals surface area contributed by atoms with Crippen molar-refractivity contribution in [2.75, 3.05) is 26.2 Å². The van der Waals surface area contributed by atoms with Gasteiger partial charge in [-0.05, 0) is 36.4 Å². The third-order valence-corrected chi connectivity index (χ3v) is 5.42. The molecule has 1 aliphatic heterocycles. The predicted molar refractivity (Wildman–Crippen MR) is 110 cm³/mol. The van der Waals surface area contributed by atoms with Crippen molar-refractivity contribution in [3.05, 3.63) is 76.3 Å². The Morgan fingerprint density at radius 1 is 0.906 bits per heavy atom. The van der Waals surface area contributed by atoms with Gasteiger partial charge in [0.05, 0.1) is 22.8 Å². The van der Waals surface area contributed by atoms with Gasteiger partial charge in [0.2, 0.25) is 5.91 Å². The zero-order valence-electron chi connectivity index (χ0n) is 16.9. The highest BCUT2D eigenvalue weighted by Gasteiger charge is 2.31. The number of carbonyl (C=O) groups is 2. The normalized spacial score (nSPS) is 14.6. The van der Waals surface area contributed by atoms with Crippen molar-refractivity contribution in [2.24, 2.45) is 0 Å². The first-order valence-electron chi connectivity index (χ1n) is 9.92. The third kappa shape index (κ3) is 4.34. The van der Waals surface area contributed by atoms with E-state index in [0.29, 0.717) is 10.9 Å². The minimum atomic E-state index is -4.46. The predicted octanol–water partition coefficient (Wildman–Crippen LogP) is 2.40. The number of nitrogens with zero attached hydrogens (tertiary/aromatic N) is 4. The van der Waals surface area contributed by atoms with E-state index < -0.39 is 11.7 Å². The number of carbonyl (C=O) groups excluding carboxylic acids is 2. The molecule has 0 radical (unpaired) electrons. The Balaban J connectivity index is 1.37. The number of halogens is 3. The molecular formula is C22H19F3N4O3. The third-order valence-electron chi connectivity index (χ3n) is 5.42. The quantitative estimate of drug-likeness (QED) is 0.622. The SMILES string of the molecule is O=C(Cn1cnc2ccccc2c1=O)N1CCN(C(=O)c2ccc(C(F)(F)F)cc2)CC1. The van der Waals surface area contributed by atoms with Crippen molar-refractivity contribution < 1.29 is 22.8 Å². The number of piperazine rings is 1. The van der Waals surface area contributed by atoms with Gasteiger partial charge in [-0.2, -0.15) is 13.2 Å². The van der Waals surface area contributed by atoms with E-state index in [9.17, 15) is 27.6 Å². The number of para-hydroxylation sites is 1. The number of hydrogen-bond donors (Lipinski definition) is 0. The lowest BCUT2D eigenvalue weighted by atomic mass is 10.1. The largest absolute Gasteiger partial charge is 0.416 e. The highest BCUT2D eigenvalue weighted by atomic mass is 19.4. The molecule has 0 bridgehead atoms. The van der Waals surface area contributed by atoms with Crippen molar-refractivity contribution >= 4 is 22.7 Å². The Morgan fingerprint density at radius 2 is 1.53 bits per heavy atom. The van der Waals surface area contributed by atoms with Crippen LogP contribution in [-0.4, -0.2) is 57.3 Å². The molecule has 2 heterocycles. The summed E-state index contributed by atoms with van der Waals surface area (Å²) in [4.78, 5) is 45.1. The number of rotatable bonds is 3. The van der Waals surface area contributed by atoms with Crippen LogP contribution in [0.25, 0.3) is 10.9 Å². The van der Waals surface area contributed by atoms with E-state index in [1.165, 1.54) is 15.8 Å². The Hall–Kier alpha value is -3.69. The van der Waals surface area contributed by atoms with Gasteiger partial charge in [0.25, 0.3) is 11.5 Å². The lowest BCUT2D eigenvalue weighted by molar-refractivity contribution is -0.137. The lowest BCUT2D eigenvalue weighted by Gasteiger charge is -2.35. The van der Waals surface area contributed by atoms with Crippen molar-refractivity contribution in [1.29, 1.82) is 0 Å². The molecule has 0 aliphatic carbocycles. The van der Waals surface area contributed by atoms with E-state index in [2.05, 4.69) is 4.98 Å². The van der Waals surface area contributed by atoms with Gasteiger partial charge in [-0.25, -0.2) is 4.98 Å². The van der Waals surface area contributed by atoms with Crippen LogP contribution < -0.4 is 5.56 Å². The minimum absolute atomic E-state index is 0.159. The maximum atomic E-state index is 12.7. The van der Waals surface area contributed by atoms with Gasteiger partial charge in [0.1, 0.15) is 6.54 Å². The molecule has 0 spiro atoms. The van der Waals surface area contributed by atoms with E-state index in [1.807, 2.05) is 0 Å². The van der Waals surface area contributed by atoms with Crippen LogP contribution in [0.5, 0.6) is 0 Å². The van der Waals surface area contributed by atoms with Gasteiger partial charge >= 0.3 is 6.18 Å². The van der Waals surface area contributed by atoms with E-state index >= 15 is 0 Å². The summed E-state index contributed by atoms with van der Waals surface area (Å²) in [6.45, 7) is 0.860. The summed E-state index contributed by atoms with van der Waals surface area (Å²) in [5.41, 5.74) is -0.411. The molecule has 1 saturated heterocycles. The van der Waals surface area contributed by atoms with Crippen LogP contribution in [0.2, 0.25) is 0 Å². The fourth-order valence-corrected chi connectivity index (χ4v) is 3.61. The van der Waals surface area contributed by atoms with E-state index in [0.717, 1.165) is 24.3 Å². The molecule has 166 valence electrons. The van der Waals surface area contributed by atoms with Gasteiger partial charge in [-0.3, -0.25) is 19.0 Å². The molecule has 32 heavy (non-hydrogen) atoms. The number of aromatic nitrogens is 2. The van der Waals surface area contributed by atoms with Crippen molar-refractivity contribution in [2.45, 2.75) is 12.7 Å². The van der Waals surface area contributed by atoms with Gasteiger partial charge in [0, 0.05) is 31.7 Å². The van der Waals surface area contributed by atoms with Crippen LogP contribution in [-0.2, 0) is 17.5 Å². The average molecular weight is 444 g/mol. The summed E-state index contributed by atoms with van der Waals surface area (Å²) >= 11 is 0. The highest BCUT2D eigenvalue weighted by Crippen LogP contribution is 2.29. The number of benzene rings is 2. The van der Waals surface area contributed by atoms with Crippen molar-refractivity contribution in [1.82, 2.24) is 19.4 Å². The van der Waals surface area contributed by atoms with Gasteiger partial charge in [-0.15, -0.1) is 0 Å². The first-order valence-corrected chi connectivity index (χ1v) is 9.92.